The van der Waals surface area contributed by atoms with Gasteiger partial charge in [-0.1, -0.05) is 0 Å². The molecule has 0 bridgehead atoms. The number of methoxy groups -OCH3 is 3. The molecular formula is C16H25ClN2O4. The number of hydrogen-bond acceptors (Lipinski definition) is 5. The number of ether oxygens (including phenoxy) is 3. The van der Waals surface area contributed by atoms with Gasteiger partial charge in [-0.05, 0) is 25.8 Å². The van der Waals surface area contributed by atoms with Gasteiger partial charge in [0.2, 0.25) is 11.7 Å². The number of carbonyl (C=O) groups excluding carboxylic acids is 1. The molecule has 2 N–H and O–H groups in total. The summed E-state index contributed by atoms with van der Waals surface area (Å²) in [6.07, 6.45) is 3.70. The van der Waals surface area contributed by atoms with E-state index in [1.54, 1.807) is 33.5 Å². The van der Waals surface area contributed by atoms with E-state index in [9.17, 15) is 4.79 Å². The summed E-state index contributed by atoms with van der Waals surface area (Å²) in [5.41, 5.74) is 0.638. The van der Waals surface area contributed by atoms with Crippen LogP contribution < -0.4 is 24.8 Å². The number of anilines is 1. The zero-order valence-electron chi connectivity index (χ0n) is 13.8. The number of amides is 1. The Morgan fingerprint density at radius 1 is 1.22 bits per heavy atom. The monoisotopic (exact) mass is 344 g/mol. The largest absolute Gasteiger partial charge is 0.493 e. The van der Waals surface area contributed by atoms with Gasteiger partial charge < -0.3 is 24.8 Å². The van der Waals surface area contributed by atoms with Crippen LogP contribution in [0.1, 0.15) is 25.7 Å². The molecule has 7 heteroatoms. The first-order chi connectivity index (χ1) is 10.7. The molecule has 0 radical (unpaired) electrons. The van der Waals surface area contributed by atoms with Gasteiger partial charge in [-0.25, -0.2) is 0 Å². The molecule has 1 aliphatic rings. The van der Waals surface area contributed by atoms with Gasteiger partial charge in [0.25, 0.3) is 0 Å². The second kappa shape index (κ2) is 9.47. The first kappa shape index (κ1) is 19.4. The summed E-state index contributed by atoms with van der Waals surface area (Å²) in [7, 11) is 4.65. The lowest BCUT2D eigenvalue weighted by Crippen LogP contribution is -2.23. The number of hydrogen-bond donors (Lipinski definition) is 2. The molecule has 0 aromatic heterocycles. The molecule has 0 saturated carbocycles. The van der Waals surface area contributed by atoms with Gasteiger partial charge in [0, 0.05) is 30.3 Å². The molecule has 23 heavy (non-hydrogen) atoms. The third kappa shape index (κ3) is 5.18. The van der Waals surface area contributed by atoms with Gasteiger partial charge in [-0.3, -0.25) is 4.79 Å². The van der Waals surface area contributed by atoms with Gasteiger partial charge in [0.1, 0.15) is 0 Å². The Balaban J connectivity index is 0.00000264. The molecule has 2 rings (SSSR count). The second-order valence-corrected chi connectivity index (χ2v) is 5.29. The maximum atomic E-state index is 12.1. The van der Waals surface area contributed by atoms with Gasteiger partial charge >= 0.3 is 0 Å². The highest BCUT2D eigenvalue weighted by molar-refractivity contribution is 5.91. The molecule has 1 aliphatic heterocycles. The van der Waals surface area contributed by atoms with E-state index < -0.39 is 0 Å². The van der Waals surface area contributed by atoms with Crippen molar-refractivity contribution in [3.63, 3.8) is 0 Å². The minimum absolute atomic E-state index is 0. The lowest BCUT2D eigenvalue weighted by molar-refractivity contribution is -0.116. The summed E-state index contributed by atoms with van der Waals surface area (Å²) in [4.78, 5) is 12.1. The Morgan fingerprint density at radius 3 is 2.35 bits per heavy atom. The normalized spacial score (nSPS) is 16.4. The van der Waals surface area contributed by atoms with Crippen LogP contribution in [0.5, 0.6) is 17.2 Å². The highest BCUT2D eigenvalue weighted by Gasteiger charge is 2.17. The molecule has 1 saturated heterocycles. The lowest BCUT2D eigenvalue weighted by Gasteiger charge is -2.15. The fraction of sp³-hybridized carbons (Fsp3) is 0.562. The molecule has 6 nitrogen and oxygen atoms in total. The van der Waals surface area contributed by atoms with E-state index in [2.05, 4.69) is 10.6 Å². The van der Waals surface area contributed by atoms with Gasteiger partial charge in [0.15, 0.2) is 11.5 Å². The maximum Gasteiger partial charge on any atom is 0.224 e. The average molecular weight is 345 g/mol. The SMILES string of the molecule is COc1cc(NC(=O)CCC2CCCN2)cc(OC)c1OC.Cl. The zero-order chi connectivity index (χ0) is 15.9. The highest BCUT2D eigenvalue weighted by Crippen LogP contribution is 2.39. The Hall–Kier alpha value is -1.66. The van der Waals surface area contributed by atoms with E-state index in [1.807, 2.05) is 0 Å². The van der Waals surface area contributed by atoms with E-state index in [1.165, 1.54) is 6.42 Å². The molecular weight excluding hydrogens is 320 g/mol. The summed E-state index contributed by atoms with van der Waals surface area (Å²) < 4.78 is 15.8. The average Bonchev–Trinajstić information content (AvgIpc) is 3.05. The smallest absolute Gasteiger partial charge is 0.224 e. The predicted molar refractivity (Wildman–Crippen MR) is 92.2 cm³/mol. The van der Waals surface area contributed by atoms with Crippen molar-refractivity contribution in [2.24, 2.45) is 0 Å². The Morgan fingerprint density at radius 2 is 1.87 bits per heavy atom. The van der Waals surface area contributed by atoms with Crippen LogP contribution in [0, 0.1) is 0 Å². The Kier molecular flexibility index (Phi) is 7.98. The highest BCUT2D eigenvalue weighted by atomic mass is 35.5. The molecule has 1 aromatic carbocycles. The first-order valence-corrected chi connectivity index (χ1v) is 7.51. The van der Waals surface area contributed by atoms with Crippen LogP contribution >= 0.6 is 12.4 Å². The number of rotatable bonds is 7. The molecule has 130 valence electrons. The third-order valence-corrected chi connectivity index (χ3v) is 3.83. The molecule has 1 heterocycles. The number of nitrogens with one attached hydrogen (secondary N) is 2. The Labute approximate surface area is 143 Å². The minimum Gasteiger partial charge on any atom is -0.493 e. The minimum atomic E-state index is -0.0111. The fourth-order valence-electron chi connectivity index (χ4n) is 2.69. The van der Waals surface area contributed by atoms with Crippen molar-refractivity contribution in [2.45, 2.75) is 31.7 Å². The van der Waals surface area contributed by atoms with Gasteiger partial charge in [0.05, 0.1) is 21.3 Å². The van der Waals surface area contributed by atoms with Crippen molar-refractivity contribution in [3.8, 4) is 17.2 Å². The van der Waals surface area contributed by atoms with E-state index in [4.69, 9.17) is 14.2 Å². The molecule has 1 atom stereocenters. The number of benzene rings is 1. The van der Waals surface area contributed by atoms with Crippen LogP contribution in [0.15, 0.2) is 12.1 Å². The number of halogens is 1. The van der Waals surface area contributed by atoms with Crippen LogP contribution in [0.4, 0.5) is 5.69 Å². The summed E-state index contributed by atoms with van der Waals surface area (Å²) in [6.45, 7) is 1.05. The summed E-state index contributed by atoms with van der Waals surface area (Å²) in [5, 5.41) is 6.28. The van der Waals surface area contributed by atoms with Crippen molar-refractivity contribution in [1.82, 2.24) is 5.32 Å². The predicted octanol–water partition coefficient (Wildman–Crippen LogP) is 2.60. The van der Waals surface area contributed by atoms with E-state index >= 15 is 0 Å². The van der Waals surface area contributed by atoms with Crippen molar-refractivity contribution < 1.29 is 19.0 Å². The summed E-state index contributed by atoms with van der Waals surface area (Å²) in [5.74, 6) is 1.55. The lowest BCUT2D eigenvalue weighted by atomic mass is 10.1. The quantitative estimate of drug-likeness (QED) is 0.795. The van der Waals surface area contributed by atoms with Crippen LogP contribution in [0.25, 0.3) is 0 Å². The molecule has 1 aromatic rings. The number of carbonyl (C=O) groups is 1. The molecule has 0 spiro atoms. The van der Waals surface area contributed by atoms with Gasteiger partial charge in [-0.2, -0.15) is 0 Å². The van der Waals surface area contributed by atoms with Crippen LogP contribution in [0.2, 0.25) is 0 Å². The van der Waals surface area contributed by atoms with Crippen molar-refractivity contribution in [3.05, 3.63) is 12.1 Å². The first-order valence-electron chi connectivity index (χ1n) is 7.51. The van der Waals surface area contributed by atoms with Gasteiger partial charge in [-0.15, -0.1) is 12.4 Å². The van der Waals surface area contributed by atoms with E-state index in [0.717, 1.165) is 19.4 Å². The molecule has 1 unspecified atom stereocenters. The van der Waals surface area contributed by atoms with E-state index in [0.29, 0.717) is 35.4 Å². The topological polar surface area (TPSA) is 68.8 Å². The standard InChI is InChI=1S/C16H24N2O4.ClH/c1-20-13-9-12(10-14(21-2)16(13)22-3)18-15(19)7-6-11-5-4-8-17-11;/h9-11,17H,4-8H2,1-3H3,(H,18,19);1H. The third-order valence-electron chi connectivity index (χ3n) is 3.83. The van der Waals surface area contributed by atoms with Crippen LogP contribution in [-0.2, 0) is 4.79 Å². The van der Waals surface area contributed by atoms with E-state index in [-0.39, 0.29) is 18.3 Å². The van der Waals surface area contributed by atoms with Crippen LogP contribution in [0.3, 0.4) is 0 Å². The molecule has 0 aliphatic carbocycles. The van der Waals surface area contributed by atoms with Crippen LogP contribution in [-0.4, -0.2) is 39.8 Å². The second-order valence-electron chi connectivity index (χ2n) is 5.29. The molecule has 1 fully saturated rings. The summed E-state index contributed by atoms with van der Waals surface area (Å²) in [6, 6.07) is 3.92. The van der Waals surface area contributed by atoms with Crippen molar-refractivity contribution in [2.75, 3.05) is 33.2 Å². The zero-order valence-corrected chi connectivity index (χ0v) is 14.6. The van der Waals surface area contributed by atoms with Crippen molar-refractivity contribution in [1.29, 1.82) is 0 Å². The van der Waals surface area contributed by atoms with Crippen molar-refractivity contribution >= 4 is 24.0 Å². The molecule has 1 amide bonds. The Bertz CT molecular complexity index is 494. The fourth-order valence-corrected chi connectivity index (χ4v) is 2.69. The maximum absolute atomic E-state index is 12.1. The summed E-state index contributed by atoms with van der Waals surface area (Å²) >= 11 is 0.